The molecule has 0 unspecified atom stereocenters. The van der Waals surface area contributed by atoms with Crippen LogP contribution in [0.25, 0.3) is 97.8 Å². The first-order valence-electron chi connectivity index (χ1n) is 17.2. The summed E-state index contributed by atoms with van der Waals surface area (Å²) in [5, 5.41) is 7.33. The van der Waals surface area contributed by atoms with Gasteiger partial charge in [0.05, 0.1) is 32.5 Å². The number of rotatable bonds is 4. The maximum absolute atomic E-state index is 5.22. The maximum atomic E-state index is 5.22. The van der Waals surface area contributed by atoms with E-state index in [0.717, 1.165) is 39.1 Å². The number of hydrogen-bond acceptors (Lipinski definition) is 3. The minimum atomic E-state index is 0.711. The van der Waals surface area contributed by atoms with E-state index in [-0.39, 0.29) is 0 Å². The Morgan fingerprint density at radius 2 is 1.20 bits per heavy atom. The summed E-state index contributed by atoms with van der Waals surface area (Å²) >= 11 is 1.87. The number of fused-ring (bicyclic) bond motifs is 9. The van der Waals surface area contributed by atoms with E-state index >= 15 is 0 Å². The Bertz CT molecular complexity index is 3130. The van der Waals surface area contributed by atoms with Crippen molar-refractivity contribution in [2.24, 2.45) is 0 Å². The van der Waals surface area contributed by atoms with Crippen molar-refractivity contribution in [3.8, 4) is 34.0 Å². The van der Waals surface area contributed by atoms with Crippen molar-refractivity contribution in [2.75, 3.05) is 0 Å². The van der Waals surface area contributed by atoms with Gasteiger partial charge in [0, 0.05) is 65.7 Å². The topological polar surface area (TPSA) is 35.6 Å². The Morgan fingerprint density at radius 1 is 0.471 bits per heavy atom. The van der Waals surface area contributed by atoms with Crippen LogP contribution in [-0.2, 0) is 0 Å². The van der Waals surface area contributed by atoms with Crippen LogP contribution >= 0.6 is 11.3 Å². The lowest BCUT2D eigenvalue weighted by atomic mass is 10.1. The van der Waals surface area contributed by atoms with Crippen LogP contribution in [0.15, 0.2) is 170 Å². The second-order valence-electron chi connectivity index (χ2n) is 13.1. The van der Waals surface area contributed by atoms with Crippen LogP contribution in [0.3, 0.4) is 0 Å². The molecule has 0 N–H and O–H groups in total. The second kappa shape index (κ2) is 11.0. The monoisotopic (exact) mass is 668 g/mol. The number of nitrogens with zero attached hydrogens (tertiary/aromatic N) is 4. The Balaban J connectivity index is 1.21. The molecule has 51 heavy (non-hydrogen) atoms. The van der Waals surface area contributed by atoms with E-state index in [9.17, 15) is 0 Å². The van der Waals surface area contributed by atoms with Gasteiger partial charge >= 0.3 is 0 Å². The van der Waals surface area contributed by atoms with Crippen molar-refractivity contribution >= 4 is 75.1 Å². The molecule has 5 heteroatoms. The van der Waals surface area contributed by atoms with E-state index in [2.05, 4.69) is 167 Å². The number of thiophene rings is 1. The molecule has 0 amide bonds. The molecule has 0 radical (unpaired) electrons. The van der Waals surface area contributed by atoms with Gasteiger partial charge in [-0.3, -0.25) is 0 Å². The number of benzene rings is 7. The molecule has 0 spiro atoms. The molecule has 4 heterocycles. The zero-order valence-corrected chi connectivity index (χ0v) is 28.2. The zero-order chi connectivity index (χ0) is 33.5. The summed E-state index contributed by atoms with van der Waals surface area (Å²) in [5.74, 6) is 0.711. The van der Waals surface area contributed by atoms with E-state index in [0.29, 0.717) is 5.82 Å². The normalized spacial score (nSPS) is 11.9. The molecular formula is C46H28N4S. The lowest BCUT2D eigenvalue weighted by Crippen LogP contribution is -1.98. The first kappa shape index (κ1) is 28.3. The van der Waals surface area contributed by atoms with Crippen molar-refractivity contribution in [3.05, 3.63) is 170 Å². The predicted octanol–water partition coefficient (Wildman–Crippen LogP) is 12.4. The van der Waals surface area contributed by atoms with Crippen LogP contribution in [0.5, 0.6) is 0 Å². The van der Waals surface area contributed by atoms with Gasteiger partial charge in [-0.15, -0.1) is 11.3 Å². The van der Waals surface area contributed by atoms with Gasteiger partial charge in [-0.25, -0.2) is 9.97 Å². The number of para-hydroxylation sites is 2. The van der Waals surface area contributed by atoms with E-state index in [1.54, 1.807) is 0 Å². The van der Waals surface area contributed by atoms with Crippen LogP contribution in [0.4, 0.5) is 0 Å². The Kier molecular flexibility index (Phi) is 6.09. The Morgan fingerprint density at radius 3 is 2.08 bits per heavy atom. The van der Waals surface area contributed by atoms with Gasteiger partial charge in [0.15, 0.2) is 5.82 Å². The second-order valence-corrected chi connectivity index (χ2v) is 14.1. The fraction of sp³-hybridized carbons (Fsp3) is 0. The third-order valence-corrected chi connectivity index (χ3v) is 11.3. The van der Waals surface area contributed by atoms with E-state index in [1.165, 1.54) is 52.9 Å². The molecule has 0 saturated carbocycles. The summed E-state index contributed by atoms with van der Waals surface area (Å²) in [6.07, 6.45) is 2.18. The highest BCUT2D eigenvalue weighted by Gasteiger charge is 2.20. The Hall–Kier alpha value is -6.56. The van der Waals surface area contributed by atoms with Crippen molar-refractivity contribution in [1.29, 1.82) is 0 Å². The highest BCUT2D eigenvalue weighted by molar-refractivity contribution is 7.26. The third-order valence-electron chi connectivity index (χ3n) is 10.1. The minimum Gasteiger partial charge on any atom is -0.316 e. The molecule has 0 bridgehead atoms. The summed E-state index contributed by atoms with van der Waals surface area (Å²) in [6.45, 7) is 0. The molecular weight excluding hydrogens is 641 g/mol. The van der Waals surface area contributed by atoms with Gasteiger partial charge in [-0.1, -0.05) is 109 Å². The summed E-state index contributed by atoms with van der Waals surface area (Å²) in [4.78, 5) is 10.3. The van der Waals surface area contributed by atoms with E-state index < -0.39 is 0 Å². The fourth-order valence-corrected chi connectivity index (χ4v) is 9.03. The van der Waals surface area contributed by atoms with Gasteiger partial charge < -0.3 is 9.13 Å². The molecule has 0 atom stereocenters. The molecule has 0 saturated heterocycles. The molecule has 0 aliphatic rings. The molecule has 7 aromatic carbocycles. The fourth-order valence-electron chi connectivity index (χ4n) is 7.79. The van der Waals surface area contributed by atoms with Crippen LogP contribution in [-0.4, -0.2) is 19.1 Å². The lowest BCUT2D eigenvalue weighted by Gasteiger charge is -2.13. The zero-order valence-electron chi connectivity index (χ0n) is 27.4. The molecule has 0 aliphatic carbocycles. The van der Waals surface area contributed by atoms with Crippen LogP contribution < -0.4 is 0 Å². The first-order chi connectivity index (χ1) is 25.3. The summed E-state index contributed by atoms with van der Waals surface area (Å²) in [5.41, 5.74) is 9.71. The van der Waals surface area contributed by atoms with Crippen LogP contribution in [0.2, 0.25) is 0 Å². The summed E-state index contributed by atoms with van der Waals surface area (Å²) in [7, 11) is 0. The number of hydrogen-bond donors (Lipinski definition) is 0. The van der Waals surface area contributed by atoms with Gasteiger partial charge in [-0.2, -0.15) is 0 Å². The molecule has 4 nitrogen and oxygen atoms in total. The van der Waals surface area contributed by atoms with Gasteiger partial charge in [-0.05, 0) is 54.6 Å². The largest absolute Gasteiger partial charge is 0.316 e. The summed E-state index contributed by atoms with van der Waals surface area (Å²) < 4.78 is 7.34. The molecule has 4 aromatic heterocycles. The first-order valence-corrected chi connectivity index (χ1v) is 18.0. The molecule has 0 fully saturated rings. The predicted molar refractivity (Wildman–Crippen MR) is 214 cm³/mol. The molecule has 11 rings (SSSR count). The van der Waals surface area contributed by atoms with Crippen molar-refractivity contribution < 1.29 is 0 Å². The van der Waals surface area contributed by atoms with Crippen molar-refractivity contribution in [3.63, 3.8) is 0 Å². The standard InChI is InChI=1S/C46H28N4S/c1-3-12-29(13-4-1)43-37-19-7-9-20-39(37)47-46(48-43)31-14-11-17-33(26-31)50-41-28-40-30(24-25-49(40)32-15-5-2-6-16-32)27-38(41)35-22-23-36-34-18-8-10-21-42(34)51-45(36)44(35)50/h1-28H. The quantitative estimate of drug-likeness (QED) is 0.187. The SMILES string of the molecule is c1ccc(-c2nc(-c3cccc(-n4c5cc6c(ccn6-c6ccccc6)cc5c5ccc6c7ccccc7sc6c54)c3)nc3ccccc23)cc1. The van der Waals surface area contributed by atoms with Gasteiger partial charge in [0.25, 0.3) is 0 Å². The van der Waals surface area contributed by atoms with E-state index in [4.69, 9.17) is 9.97 Å². The average molecular weight is 669 g/mol. The lowest BCUT2D eigenvalue weighted by molar-refractivity contribution is 1.12. The van der Waals surface area contributed by atoms with Gasteiger partial charge in [0.2, 0.25) is 0 Å². The minimum absolute atomic E-state index is 0.711. The highest BCUT2D eigenvalue weighted by atomic mass is 32.1. The Labute approximate surface area is 297 Å². The third kappa shape index (κ3) is 4.32. The van der Waals surface area contributed by atoms with Crippen molar-refractivity contribution in [1.82, 2.24) is 19.1 Å². The smallest absolute Gasteiger partial charge is 0.160 e. The summed E-state index contributed by atoms with van der Waals surface area (Å²) in [6, 6.07) is 58.4. The van der Waals surface area contributed by atoms with Crippen LogP contribution in [0.1, 0.15) is 0 Å². The maximum Gasteiger partial charge on any atom is 0.160 e. The number of aromatic nitrogens is 4. The molecule has 11 aromatic rings. The van der Waals surface area contributed by atoms with E-state index in [1.807, 2.05) is 23.5 Å². The van der Waals surface area contributed by atoms with Crippen LogP contribution in [0, 0.1) is 0 Å². The molecule has 238 valence electrons. The van der Waals surface area contributed by atoms with Gasteiger partial charge in [0.1, 0.15) is 0 Å². The average Bonchev–Trinajstić information content (AvgIpc) is 3.89. The molecule has 0 aliphatic heterocycles. The van der Waals surface area contributed by atoms with Crippen molar-refractivity contribution in [2.45, 2.75) is 0 Å². The highest BCUT2D eigenvalue weighted by Crippen LogP contribution is 2.44.